The number of fused-ring (bicyclic) bond motifs is 4. The summed E-state index contributed by atoms with van der Waals surface area (Å²) < 4.78 is 53.5. The van der Waals surface area contributed by atoms with Crippen LogP contribution in [0.2, 0.25) is 0 Å². The van der Waals surface area contributed by atoms with Crippen molar-refractivity contribution in [2.24, 2.45) is 4.99 Å². The first-order valence-corrected chi connectivity index (χ1v) is 7.96. The summed E-state index contributed by atoms with van der Waals surface area (Å²) in [6.45, 7) is 0. The number of carbonyl (C=O) groups is 1. The molecule has 0 saturated heterocycles. The largest absolute Gasteiger partial charge is 0.433 e. The highest BCUT2D eigenvalue weighted by atomic mass is 19.4. The van der Waals surface area contributed by atoms with E-state index in [0.29, 0.717) is 23.1 Å². The number of benzene rings is 1. The van der Waals surface area contributed by atoms with E-state index in [1.807, 2.05) is 0 Å². The van der Waals surface area contributed by atoms with Crippen molar-refractivity contribution in [2.45, 2.75) is 24.4 Å². The summed E-state index contributed by atoms with van der Waals surface area (Å²) >= 11 is 0. The number of nitrogens with zero attached hydrogens (tertiary/aromatic N) is 2. The summed E-state index contributed by atoms with van der Waals surface area (Å²) in [7, 11) is 1.52. The number of aliphatic imine (C=N–C) groups is 1. The molecule has 4 nitrogen and oxygen atoms in total. The SMILES string of the molecule is CNC1=NC(=O)C2(CCc3ccc(F)cc32)c2nc(C(F)(F)F)ccc21. The van der Waals surface area contributed by atoms with Gasteiger partial charge in [-0.1, -0.05) is 6.07 Å². The number of alkyl halides is 3. The van der Waals surface area contributed by atoms with Gasteiger partial charge in [-0.3, -0.25) is 4.79 Å². The number of nitrogens with one attached hydrogen (secondary N) is 1. The minimum atomic E-state index is -4.66. The normalized spacial score (nSPS) is 21.4. The van der Waals surface area contributed by atoms with Crippen molar-refractivity contribution in [3.8, 4) is 0 Å². The molecule has 1 aliphatic carbocycles. The summed E-state index contributed by atoms with van der Waals surface area (Å²) in [5.41, 5.74) is -1.24. The van der Waals surface area contributed by atoms with Gasteiger partial charge in [0.1, 0.15) is 22.8 Å². The average molecular weight is 363 g/mol. The average Bonchev–Trinajstić information content (AvgIpc) is 2.97. The van der Waals surface area contributed by atoms with Gasteiger partial charge < -0.3 is 5.32 Å². The van der Waals surface area contributed by atoms with E-state index >= 15 is 0 Å². The number of halogens is 4. The summed E-state index contributed by atoms with van der Waals surface area (Å²) in [6.07, 6.45) is -4.02. The molecule has 1 aliphatic heterocycles. The van der Waals surface area contributed by atoms with Crippen molar-refractivity contribution in [3.63, 3.8) is 0 Å². The fourth-order valence-corrected chi connectivity index (χ4v) is 3.77. The van der Waals surface area contributed by atoms with Gasteiger partial charge in [-0.15, -0.1) is 0 Å². The highest BCUT2D eigenvalue weighted by molar-refractivity contribution is 6.13. The molecular formula is C18H13F4N3O. The lowest BCUT2D eigenvalue weighted by molar-refractivity contribution is -0.141. The lowest BCUT2D eigenvalue weighted by Crippen LogP contribution is -2.43. The van der Waals surface area contributed by atoms with Crippen LogP contribution in [0.15, 0.2) is 35.3 Å². The molecule has 0 radical (unpaired) electrons. The zero-order chi connectivity index (χ0) is 18.7. The Bertz CT molecular complexity index is 967. The van der Waals surface area contributed by atoms with E-state index in [-0.39, 0.29) is 18.0 Å². The molecule has 1 atom stereocenters. The van der Waals surface area contributed by atoms with Crippen molar-refractivity contribution in [1.82, 2.24) is 10.3 Å². The fourth-order valence-electron chi connectivity index (χ4n) is 3.77. The molecule has 1 unspecified atom stereocenters. The van der Waals surface area contributed by atoms with Crippen LogP contribution in [0, 0.1) is 5.82 Å². The number of pyridine rings is 1. The number of amides is 1. The molecule has 4 rings (SSSR count). The fraction of sp³-hybridized carbons (Fsp3) is 0.278. The number of aromatic nitrogens is 1. The molecule has 1 aromatic carbocycles. The molecule has 1 N–H and O–H groups in total. The highest BCUT2D eigenvalue weighted by Crippen LogP contribution is 2.48. The molecule has 2 aliphatic rings. The number of amidine groups is 1. The molecule has 2 aromatic rings. The van der Waals surface area contributed by atoms with Gasteiger partial charge in [-0.05, 0) is 48.2 Å². The second kappa shape index (κ2) is 5.36. The Hall–Kier alpha value is -2.77. The Morgan fingerprint density at radius 3 is 2.65 bits per heavy atom. The minimum absolute atomic E-state index is 0.0268. The van der Waals surface area contributed by atoms with Crippen LogP contribution in [-0.2, 0) is 22.8 Å². The maximum absolute atomic E-state index is 13.9. The molecule has 8 heteroatoms. The summed E-state index contributed by atoms with van der Waals surface area (Å²) in [6, 6.07) is 6.14. The van der Waals surface area contributed by atoms with E-state index in [9.17, 15) is 22.4 Å². The molecular weight excluding hydrogens is 350 g/mol. The molecule has 26 heavy (non-hydrogen) atoms. The van der Waals surface area contributed by atoms with E-state index in [4.69, 9.17) is 0 Å². The van der Waals surface area contributed by atoms with Crippen LogP contribution in [0.5, 0.6) is 0 Å². The quantitative estimate of drug-likeness (QED) is 0.733. The molecule has 134 valence electrons. The molecule has 1 amide bonds. The number of carbonyl (C=O) groups excluding carboxylic acids is 1. The summed E-state index contributed by atoms with van der Waals surface area (Å²) in [5, 5.41) is 2.72. The van der Waals surface area contributed by atoms with Crippen molar-refractivity contribution in [2.75, 3.05) is 7.05 Å². The Morgan fingerprint density at radius 2 is 1.96 bits per heavy atom. The van der Waals surface area contributed by atoms with Crippen LogP contribution in [-0.4, -0.2) is 23.8 Å². The van der Waals surface area contributed by atoms with E-state index in [2.05, 4.69) is 15.3 Å². The zero-order valence-electron chi connectivity index (χ0n) is 13.6. The Kier molecular flexibility index (Phi) is 3.44. The molecule has 0 saturated carbocycles. The van der Waals surface area contributed by atoms with Crippen molar-refractivity contribution in [3.05, 3.63) is 64.2 Å². The molecule has 1 spiro atoms. The van der Waals surface area contributed by atoms with Gasteiger partial charge >= 0.3 is 6.18 Å². The van der Waals surface area contributed by atoms with Crippen molar-refractivity contribution in [1.29, 1.82) is 0 Å². The smallest absolute Gasteiger partial charge is 0.372 e. The monoisotopic (exact) mass is 363 g/mol. The first-order valence-electron chi connectivity index (χ1n) is 7.96. The van der Waals surface area contributed by atoms with Gasteiger partial charge in [-0.2, -0.15) is 18.2 Å². The van der Waals surface area contributed by atoms with Crippen molar-refractivity contribution >= 4 is 11.7 Å². The number of rotatable bonds is 0. The van der Waals surface area contributed by atoms with Crippen LogP contribution in [0.3, 0.4) is 0 Å². The zero-order valence-corrected chi connectivity index (χ0v) is 13.6. The second-order valence-corrected chi connectivity index (χ2v) is 6.31. The molecule has 2 heterocycles. The Morgan fingerprint density at radius 1 is 1.19 bits per heavy atom. The van der Waals surface area contributed by atoms with Gasteiger partial charge in [0.05, 0.1) is 5.69 Å². The number of hydrogen-bond donors (Lipinski definition) is 1. The number of aryl methyl sites for hydroxylation is 1. The van der Waals surface area contributed by atoms with Gasteiger partial charge in [-0.25, -0.2) is 9.37 Å². The third-order valence-electron chi connectivity index (χ3n) is 4.96. The van der Waals surface area contributed by atoms with Gasteiger partial charge in [0.2, 0.25) is 0 Å². The van der Waals surface area contributed by atoms with Gasteiger partial charge in [0.15, 0.2) is 0 Å². The van der Waals surface area contributed by atoms with E-state index in [1.165, 1.54) is 25.2 Å². The third kappa shape index (κ3) is 2.17. The topological polar surface area (TPSA) is 54.4 Å². The number of hydrogen-bond acceptors (Lipinski definition) is 3. The first kappa shape index (κ1) is 16.7. The first-order chi connectivity index (χ1) is 12.3. The predicted octanol–water partition coefficient (Wildman–Crippen LogP) is 2.98. The van der Waals surface area contributed by atoms with Gasteiger partial charge in [0.25, 0.3) is 5.91 Å². The maximum Gasteiger partial charge on any atom is 0.433 e. The molecule has 1 aromatic heterocycles. The molecule has 0 bridgehead atoms. The van der Waals surface area contributed by atoms with Crippen LogP contribution < -0.4 is 5.32 Å². The van der Waals surface area contributed by atoms with Gasteiger partial charge in [0, 0.05) is 12.6 Å². The summed E-state index contributed by atoms with van der Waals surface area (Å²) in [5.74, 6) is -1.04. The lowest BCUT2D eigenvalue weighted by Gasteiger charge is -2.32. The maximum atomic E-state index is 13.9. The standard InChI is InChI=1S/C18H13F4N3O/c1-23-15-11-4-5-13(18(20,21)22)24-14(11)17(16(26)25-15)7-6-9-2-3-10(19)8-12(9)17/h2-5,8H,6-7H2,1H3,(H,23,25,26). The Balaban J connectivity index is 2.04. The Labute approximate surface area is 146 Å². The third-order valence-corrected chi connectivity index (χ3v) is 4.96. The lowest BCUT2D eigenvalue weighted by atomic mass is 9.74. The molecule has 0 fully saturated rings. The van der Waals surface area contributed by atoms with Crippen LogP contribution >= 0.6 is 0 Å². The van der Waals surface area contributed by atoms with E-state index < -0.39 is 29.0 Å². The van der Waals surface area contributed by atoms with E-state index in [1.54, 1.807) is 6.07 Å². The second-order valence-electron chi connectivity index (χ2n) is 6.31. The predicted molar refractivity (Wildman–Crippen MR) is 85.3 cm³/mol. The summed E-state index contributed by atoms with van der Waals surface area (Å²) in [4.78, 5) is 20.7. The van der Waals surface area contributed by atoms with Crippen molar-refractivity contribution < 1.29 is 22.4 Å². The van der Waals surface area contributed by atoms with Crippen LogP contribution in [0.4, 0.5) is 17.6 Å². The highest BCUT2D eigenvalue weighted by Gasteiger charge is 2.52. The minimum Gasteiger partial charge on any atom is -0.372 e. The van der Waals surface area contributed by atoms with E-state index in [0.717, 1.165) is 6.07 Å². The van der Waals surface area contributed by atoms with Crippen LogP contribution in [0.1, 0.15) is 34.5 Å². The van der Waals surface area contributed by atoms with Crippen LogP contribution in [0.25, 0.3) is 0 Å².